The van der Waals surface area contributed by atoms with Crippen molar-refractivity contribution >= 4 is 14.7 Å². The van der Waals surface area contributed by atoms with Gasteiger partial charge in [0.25, 0.3) is 0 Å². The largest absolute Gasteiger partial charge is 0.667 e. The van der Waals surface area contributed by atoms with Crippen molar-refractivity contribution < 1.29 is 26.5 Å². The van der Waals surface area contributed by atoms with Crippen LogP contribution < -0.4 is 0 Å². The van der Waals surface area contributed by atoms with Gasteiger partial charge in [0, 0.05) is 35.9 Å². The molecule has 0 aromatic heterocycles. The predicted molar refractivity (Wildman–Crippen MR) is 95.5 cm³/mol. The Morgan fingerprint density at radius 3 is 2.22 bits per heavy atom. The third kappa shape index (κ3) is 2.33. The van der Waals surface area contributed by atoms with E-state index in [0.717, 1.165) is 6.42 Å². The maximum absolute atomic E-state index is 12.8. The van der Waals surface area contributed by atoms with Gasteiger partial charge in [-0.05, 0) is 73.6 Å². The molecular weight excluding hydrogens is 334 g/mol. The Kier molecular flexibility index (Phi) is 5.27. The zero-order valence-corrected chi connectivity index (χ0v) is 18.1. The number of nitrogens with one attached hydrogen (secondary N) is 1. The smallest absolute Gasteiger partial charge is 0.0595 e. The summed E-state index contributed by atoms with van der Waals surface area (Å²) in [7, 11) is -0.994. The molecule has 1 N–H and O–H groups in total. The van der Waals surface area contributed by atoms with Crippen LogP contribution in [0.15, 0.2) is 22.3 Å². The molecule has 2 bridgehead atoms. The molecule has 0 spiro atoms. The van der Waals surface area contributed by atoms with Crippen LogP contribution in [-0.4, -0.2) is 14.7 Å². The first kappa shape index (κ1) is 19.2. The van der Waals surface area contributed by atoms with Gasteiger partial charge in [-0.3, -0.25) is 0 Å². The van der Waals surface area contributed by atoms with E-state index in [9.17, 15) is 4.79 Å². The average molecular weight is 364 g/mol. The van der Waals surface area contributed by atoms with Crippen LogP contribution in [0.1, 0.15) is 47.0 Å². The number of amides is 1. The van der Waals surface area contributed by atoms with Crippen LogP contribution in [0.2, 0.25) is 18.6 Å². The van der Waals surface area contributed by atoms with Gasteiger partial charge in [-0.15, -0.1) is 0 Å². The van der Waals surface area contributed by atoms with E-state index in [0.29, 0.717) is 23.3 Å². The maximum Gasteiger partial charge on any atom is 0.0595 e. The van der Waals surface area contributed by atoms with Gasteiger partial charge < -0.3 is 10.5 Å². The van der Waals surface area contributed by atoms with E-state index in [4.69, 9.17) is 5.73 Å². The first-order chi connectivity index (χ1) is 10.2. The fourth-order valence-corrected chi connectivity index (χ4v) is 9.45. The van der Waals surface area contributed by atoms with Crippen molar-refractivity contribution in [3.63, 3.8) is 0 Å². The molecule has 3 rings (SSSR count). The average Bonchev–Trinajstić information content (AvgIpc) is 3.08. The molecule has 126 valence electrons. The van der Waals surface area contributed by atoms with Gasteiger partial charge in [0.1, 0.15) is 0 Å². The van der Waals surface area contributed by atoms with Gasteiger partial charge in [-0.25, -0.2) is 0 Å². The molecule has 5 atom stereocenters. The second-order valence-corrected chi connectivity index (χ2v) is 11.5. The van der Waals surface area contributed by atoms with Gasteiger partial charge >= 0.3 is 0 Å². The summed E-state index contributed by atoms with van der Waals surface area (Å²) in [5.74, 6) is 1.23. The Hall–Kier alpha value is -0.119. The first-order valence-corrected chi connectivity index (χ1v) is 11.9. The number of hydrogen-bond acceptors (Lipinski definition) is 1. The van der Waals surface area contributed by atoms with Crippen molar-refractivity contribution in [2.24, 2.45) is 23.2 Å². The first-order valence-electron chi connectivity index (χ1n) is 8.89. The number of rotatable bonds is 3. The molecule has 0 radical (unpaired) electrons. The number of fused-ring (bicyclic) bond motifs is 2. The van der Waals surface area contributed by atoms with E-state index in [1.165, 1.54) is 35.1 Å². The molecule has 3 aliphatic carbocycles. The molecule has 0 saturated heterocycles. The van der Waals surface area contributed by atoms with E-state index < -0.39 is 14.2 Å². The molecule has 0 aliphatic heterocycles. The van der Waals surface area contributed by atoms with Crippen LogP contribution in [0.5, 0.6) is 0 Å². The molecule has 3 aliphatic rings. The molecule has 0 aromatic rings. The summed E-state index contributed by atoms with van der Waals surface area (Å²) >= 11 is 0. The van der Waals surface area contributed by atoms with Gasteiger partial charge in [0.05, 0.1) is 5.91 Å². The quantitative estimate of drug-likeness (QED) is 0.639. The molecule has 0 heterocycles. The topological polar surface area (TPSA) is 40.9 Å². The van der Waals surface area contributed by atoms with Crippen LogP contribution in [0.25, 0.3) is 5.73 Å². The summed E-state index contributed by atoms with van der Waals surface area (Å²) in [6.45, 7) is 13.7. The van der Waals surface area contributed by atoms with Crippen LogP contribution in [-0.2, 0) is 26.5 Å². The zero-order valence-electron chi connectivity index (χ0n) is 15.4. The third-order valence-corrected chi connectivity index (χ3v) is 9.84. The molecular formula is C19H30NOSiTi-. The summed E-state index contributed by atoms with van der Waals surface area (Å²) in [6.07, 6.45) is 3.65. The SMILES string of the molecule is CC1=C(C)C(C)C(C2(C([NH-])=O)C3CCC(C3)C2[SiH](C)C)=C1C.[Ti]. The standard InChI is InChI=1S/C19H31NOSi.Ti/c1-10-11(2)13(4)16(12(10)3)19(18(20)21)15-8-7-14(9-15)17(19)22(5)6;/h12,14-15,17,22H,7-9H2,1-6H3,(H2,20,21);/p-1. The second kappa shape index (κ2) is 6.31. The maximum atomic E-state index is 12.8. The number of carbonyl (C=O) groups is 1. The van der Waals surface area contributed by atoms with Gasteiger partial charge in [-0.1, -0.05) is 32.0 Å². The molecule has 2 saturated carbocycles. The minimum atomic E-state index is -0.994. The number of hydrogen-bond donors (Lipinski definition) is 0. The van der Waals surface area contributed by atoms with Crippen LogP contribution in [0.4, 0.5) is 0 Å². The van der Waals surface area contributed by atoms with E-state index in [2.05, 4.69) is 40.8 Å². The minimum absolute atomic E-state index is 0. The van der Waals surface area contributed by atoms with Crippen molar-refractivity contribution in [1.29, 1.82) is 0 Å². The third-order valence-electron chi connectivity index (χ3n) is 7.33. The van der Waals surface area contributed by atoms with Crippen LogP contribution in [0, 0.1) is 23.2 Å². The predicted octanol–water partition coefficient (Wildman–Crippen LogP) is 5.14. The number of allylic oxidation sites excluding steroid dienone is 3. The number of carbonyl (C=O) groups excluding carboxylic acids is 1. The molecule has 1 amide bonds. The molecule has 2 fully saturated rings. The monoisotopic (exact) mass is 364 g/mol. The summed E-state index contributed by atoms with van der Waals surface area (Å²) in [4.78, 5) is 12.8. The Morgan fingerprint density at radius 1 is 1.17 bits per heavy atom. The molecule has 4 heteroatoms. The Bertz CT molecular complexity index is 594. The Morgan fingerprint density at radius 2 is 1.78 bits per heavy atom. The van der Waals surface area contributed by atoms with Gasteiger partial charge in [0.15, 0.2) is 0 Å². The van der Waals surface area contributed by atoms with E-state index in [1.54, 1.807) is 0 Å². The van der Waals surface area contributed by atoms with E-state index >= 15 is 0 Å². The van der Waals surface area contributed by atoms with Gasteiger partial charge in [0.2, 0.25) is 0 Å². The van der Waals surface area contributed by atoms with Crippen molar-refractivity contribution in [3.8, 4) is 0 Å². The Labute approximate surface area is 157 Å². The normalized spacial score (nSPS) is 39.4. The van der Waals surface area contributed by atoms with Crippen LogP contribution in [0.3, 0.4) is 0 Å². The fourth-order valence-electron chi connectivity index (χ4n) is 6.36. The summed E-state index contributed by atoms with van der Waals surface area (Å²) in [5, 5.41) is 0. The summed E-state index contributed by atoms with van der Waals surface area (Å²) in [5.41, 5.74) is 13.8. The minimum Gasteiger partial charge on any atom is -0.667 e. The Balaban J connectivity index is 0.00000192. The summed E-state index contributed by atoms with van der Waals surface area (Å²) < 4.78 is 0. The summed E-state index contributed by atoms with van der Waals surface area (Å²) in [6, 6.07) is 0. The van der Waals surface area contributed by atoms with Crippen molar-refractivity contribution in [2.45, 2.75) is 65.6 Å². The van der Waals surface area contributed by atoms with Crippen molar-refractivity contribution in [1.82, 2.24) is 0 Å². The van der Waals surface area contributed by atoms with Crippen molar-refractivity contribution in [2.75, 3.05) is 0 Å². The van der Waals surface area contributed by atoms with Crippen molar-refractivity contribution in [3.05, 3.63) is 28.0 Å². The second-order valence-electron chi connectivity index (χ2n) is 8.31. The fraction of sp³-hybridized carbons (Fsp3) is 0.737. The van der Waals surface area contributed by atoms with Gasteiger partial charge in [-0.2, -0.15) is 0 Å². The molecule has 5 unspecified atom stereocenters. The zero-order chi connectivity index (χ0) is 16.4. The molecule has 23 heavy (non-hydrogen) atoms. The molecule has 2 nitrogen and oxygen atoms in total. The van der Waals surface area contributed by atoms with E-state index in [-0.39, 0.29) is 27.6 Å². The molecule has 0 aromatic carbocycles. The van der Waals surface area contributed by atoms with Crippen LogP contribution >= 0.6 is 0 Å². The van der Waals surface area contributed by atoms with E-state index in [1.807, 2.05) is 0 Å².